The Morgan fingerprint density at radius 3 is 2.95 bits per heavy atom. The molecular formula is C15H15NO3. The first kappa shape index (κ1) is 14.5. The van der Waals surface area contributed by atoms with Gasteiger partial charge in [-0.05, 0) is 31.2 Å². The van der Waals surface area contributed by atoms with Gasteiger partial charge in [0.05, 0.1) is 18.7 Å². The summed E-state index contributed by atoms with van der Waals surface area (Å²) in [6, 6.07) is 6.84. The van der Waals surface area contributed by atoms with Crippen LogP contribution in [0.4, 0.5) is 0 Å². The second-order valence-corrected chi connectivity index (χ2v) is 3.52. The fourth-order valence-corrected chi connectivity index (χ4v) is 1.29. The van der Waals surface area contributed by atoms with E-state index >= 15 is 0 Å². The molecule has 0 radical (unpaired) electrons. The minimum atomic E-state index is -0.369. The highest BCUT2D eigenvalue weighted by molar-refractivity contribution is 5.89. The number of hydrogen-bond acceptors (Lipinski definition) is 3. The van der Waals surface area contributed by atoms with Crippen LogP contribution in [0.2, 0.25) is 0 Å². The Morgan fingerprint density at radius 1 is 1.47 bits per heavy atom. The molecule has 0 unspecified atom stereocenters. The van der Waals surface area contributed by atoms with Gasteiger partial charge in [-0.25, -0.2) is 4.79 Å². The molecule has 0 aliphatic rings. The summed E-state index contributed by atoms with van der Waals surface area (Å²) in [5.41, 5.74) is 1.15. The van der Waals surface area contributed by atoms with E-state index in [-0.39, 0.29) is 18.4 Å². The zero-order valence-electron chi connectivity index (χ0n) is 10.7. The minimum Gasteiger partial charge on any atom is -0.462 e. The summed E-state index contributed by atoms with van der Waals surface area (Å²) < 4.78 is 4.90. The monoisotopic (exact) mass is 257 g/mol. The second-order valence-electron chi connectivity index (χ2n) is 3.52. The molecule has 19 heavy (non-hydrogen) atoms. The highest BCUT2D eigenvalue weighted by Gasteiger charge is 2.05. The normalized spacial score (nSPS) is 8.89. The lowest BCUT2D eigenvalue weighted by Crippen LogP contribution is -2.20. The fourth-order valence-electron chi connectivity index (χ4n) is 1.29. The number of benzene rings is 1. The van der Waals surface area contributed by atoms with Crippen molar-refractivity contribution in [2.75, 3.05) is 13.2 Å². The van der Waals surface area contributed by atoms with Crippen molar-refractivity contribution in [3.8, 4) is 11.8 Å². The van der Waals surface area contributed by atoms with Gasteiger partial charge in [0.25, 0.3) is 0 Å². The van der Waals surface area contributed by atoms with Gasteiger partial charge in [-0.3, -0.25) is 4.79 Å². The predicted molar refractivity (Wildman–Crippen MR) is 72.5 cm³/mol. The van der Waals surface area contributed by atoms with Crippen LogP contribution in [0.1, 0.15) is 22.8 Å². The number of esters is 1. The highest BCUT2D eigenvalue weighted by Crippen LogP contribution is 2.05. The van der Waals surface area contributed by atoms with Crippen LogP contribution in [0.5, 0.6) is 0 Å². The molecule has 4 heteroatoms. The zero-order valence-corrected chi connectivity index (χ0v) is 10.7. The molecular weight excluding hydrogens is 242 g/mol. The maximum atomic E-state index is 11.5. The van der Waals surface area contributed by atoms with Crippen LogP contribution in [-0.2, 0) is 9.53 Å². The van der Waals surface area contributed by atoms with Gasteiger partial charge in [-0.15, -0.1) is 0 Å². The average molecular weight is 257 g/mol. The van der Waals surface area contributed by atoms with Gasteiger partial charge >= 0.3 is 5.97 Å². The first-order valence-electron chi connectivity index (χ1n) is 5.83. The third-order valence-corrected chi connectivity index (χ3v) is 2.14. The maximum Gasteiger partial charge on any atom is 0.338 e. The van der Waals surface area contributed by atoms with Gasteiger partial charge in [0.2, 0.25) is 5.91 Å². The summed E-state index contributed by atoms with van der Waals surface area (Å²) in [4.78, 5) is 22.4. The van der Waals surface area contributed by atoms with Gasteiger partial charge in [0, 0.05) is 5.56 Å². The molecule has 0 spiro atoms. The lowest BCUT2D eigenvalue weighted by Gasteiger charge is -2.01. The summed E-state index contributed by atoms with van der Waals surface area (Å²) in [6.45, 7) is 5.65. The third kappa shape index (κ3) is 5.09. The van der Waals surface area contributed by atoms with Gasteiger partial charge < -0.3 is 10.1 Å². The molecule has 0 atom stereocenters. The molecule has 0 saturated carbocycles. The highest BCUT2D eigenvalue weighted by atomic mass is 16.5. The van der Waals surface area contributed by atoms with Crippen molar-refractivity contribution in [1.82, 2.24) is 5.32 Å². The topological polar surface area (TPSA) is 55.4 Å². The van der Waals surface area contributed by atoms with E-state index < -0.39 is 0 Å². The number of rotatable bonds is 4. The Morgan fingerprint density at radius 2 is 2.26 bits per heavy atom. The lowest BCUT2D eigenvalue weighted by molar-refractivity contribution is -0.116. The number of carbonyl (C=O) groups excluding carboxylic acids is 2. The molecule has 0 aliphatic heterocycles. The largest absolute Gasteiger partial charge is 0.462 e. The Kier molecular flexibility index (Phi) is 5.90. The van der Waals surface area contributed by atoms with Crippen LogP contribution < -0.4 is 5.32 Å². The van der Waals surface area contributed by atoms with E-state index in [1.807, 2.05) is 0 Å². The average Bonchev–Trinajstić information content (AvgIpc) is 2.44. The standard InChI is InChI=1S/C15H15NO3/c1-3-14(17)16-10-6-8-12-7-5-9-13(11-12)15(18)19-4-2/h3,5,7,9,11H,1,4,10H2,2H3,(H,16,17). The number of amides is 1. The first-order chi connectivity index (χ1) is 9.17. The Balaban J connectivity index is 2.67. The van der Waals surface area contributed by atoms with Gasteiger partial charge in [-0.2, -0.15) is 0 Å². The summed E-state index contributed by atoms with van der Waals surface area (Å²) >= 11 is 0. The summed E-state index contributed by atoms with van der Waals surface area (Å²) in [7, 11) is 0. The summed E-state index contributed by atoms with van der Waals surface area (Å²) in [5, 5.41) is 2.54. The van der Waals surface area contributed by atoms with Crippen LogP contribution in [-0.4, -0.2) is 25.0 Å². The van der Waals surface area contributed by atoms with Gasteiger partial charge in [0.15, 0.2) is 0 Å². The second kappa shape index (κ2) is 7.72. The molecule has 1 amide bonds. The van der Waals surface area contributed by atoms with Crippen molar-refractivity contribution in [3.63, 3.8) is 0 Å². The molecule has 0 fully saturated rings. The quantitative estimate of drug-likeness (QED) is 0.505. The number of carbonyl (C=O) groups is 2. The summed E-state index contributed by atoms with van der Waals surface area (Å²) in [6.07, 6.45) is 1.18. The summed E-state index contributed by atoms with van der Waals surface area (Å²) in [5.74, 6) is 5.00. The predicted octanol–water partition coefficient (Wildman–Crippen LogP) is 1.52. The van der Waals surface area contributed by atoms with Crippen molar-refractivity contribution in [3.05, 3.63) is 48.0 Å². The molecule has 0 saturated heterocycles. The van der Waals surface area contributed by atoms with Crippen LogP contribution in [0, 0.1) is 11.8 Å². The van der Waals surface area contributed by atoms with E-state index in [9.17, 15) is 9.59 Å². The van der Waals surface area contributed by atoms with E-state index in [4.69, 9.17) is 4.74 Å². The SMILES string of the molecule is C=CC(=O)NCC#Cc1cccc(C(=O)OCC)c1. The number of ether oxygens (including phenoxy) is 1. The van der Waals surface area contributed by atoms with Crippen LogP contribution in [0.25, 0.3) is 0 Å². The van der Waals surface area contributed by atoms with Crippen molar-refractivity contribution in [1.29, 1.82) is 0 Å². The fraction of sp³-hybridized carbons (Fsp3) is 0.200. The van der Waals surface area contributed by atoms with Gasteiger partial charge in [-0.1, -0.05) is 24.5 Å². The smallest absolute Gasteiger partial charge is 0.338 e. The zero-order chi connectivity index (χ0) is 14.1. The molecule has 1 N–H and O–H groups in total. The van der Waals surface area contributed by atoms with Crippen LogP contribution in [0.15, 0.2) is 36.9 Å². The van der Waals surface area contributed by atoms with Crippen molar-refractivity contribution >= 4 is 11.9 Å². The molecule has 4 nitrogen and oxygen atoms in total. The lowest BCUT2D eigenvalue weighted by atomic mass is 10.1. The molecule has 1 rings (SSSR count). The Labute approximate surface area is 112 Å². The van der Waals surface area contributed by atoms with Gasteiger partial charge in [0.1, 0.15) is 0 Å². The third-order valence-electron chi connectivity index (χ3n) is 2.14. The molecule has 0 heterocycles. The Bertz CT molecular complexity index is 538. The van der Waals surface area contributed by atoms with Crippen molar-refractivity contribution in [2.24, 2.45) is 0 Å². The Hall–Kier alpha value is -2.54. The van der Waals surface area contributed by atoms with Crippen molar-refractivity contribution in [2.45, 2.75) is 6.92 Å². The molecule has 0 aliphatic carbocycles. The van der Waals surface area contributed by atoms with E-state index in [1.54, 1.807) is 31.2 Å². The van der Waals surface area contributed by atoms with E-state index in [0.29, 0.717) is 17.7 Å². The minimum absolute atomic E-state index is 0.231. The van der Waals surface area contributed by atoms with Crippen molar-refractivity contribution < 1.29 is 14.3 Å². The van der Waals surface area contributed by atoms with Crippen LogP contribution >= 0.6 is 0 Å². The molecule has 0 aromatic heterocycles. The van der Waals surface area contributed by atoms with E-state index in [1.165, 1.54) is 6.08 Å². The van der Waals surface area contributed by atoms with E-state index in [2.05, 4.69) is 23.7 Å². The number of nitrogens with one attached hydrogen (secondary N) is 1. The molecule has 0 bridgehead atoms. The maximum absolute atomic E-state index is 11.5. The molecule has 1 aromatic carbocycles. The molecule has 1 aromatic rings. The number of hydrogen-bond donors (Lipinski definition) is 1. The van der Waals surface area contributed by atoms with E-state index in [0.717, 1.165) is 0 Å². The molecule has 98 valence electrons. The first-order valence-corrected chi connectivity index (χ1v) is 5.83. The van der Waals surface area contributed by atoms with Crippen LogP contribution in [0.3, 0.4) is 0 Å².